The molecule has 2 rings (SSSR count). The maximum Gasteiger partial charge on any atom is 0.242 e. The Morgan fingerprint density at radius 2 is 1.88 bits per heavy atom. The maximum atomic E-state index is 11.9. The average Bonchev–Trinajstić information content (AvgIpc) is 2.60. The molecule has 0 bridgehead atoms. The van der Waals surface area contributed by atoms with Crippen LogP contribution in [0.25, 0.3) is 0 Å². The fourth-order valence-corrected chi connectivity index (χ4v) is 2.76. The molecule has 1 aliphatic carbocycles. The van der Waals surface area contributed by atoms with Crippen LogP contribution in [0.5, 0.6) is 0 Å². The SMILES string of the molecule is CN(C)S(=O)(=O)c1ccc2c(c1)CCC2=O. The Morgan fingerprint density at radius 1 is 1.19 bits per heavy atom. The summed E-state index contributed by atoms with van der Waals surface area (Å²) in [4.78, 5) is 11.7. The highest BCUT2D eigenvalue weighted by Crippen LogP contribution is 2.25. The molecule has 0 saturated heterocycles. The first-order chi connectivity index (χ1) is 7.43. The third-order valence-electron chi connectivity index (χ3n) is 2.78. The predicted molar refractivity (Wildman–Crippen MR) is 60.0 cm³/mol. The first-order valence-electron chi connectivity index (χ1n) is 5.01. The van der Waals surface area contributed by atoms with Crippen molar-refractivity contribution in [2.45, 2.75) is 17.7 Å². The first kappa shape index (κ1) is 11.3. The van der Waals surface area contributed by atoms with Crippen LogP contribution >= 0.6 is 0 Å². The van der Waals surface area contributed by atoms with Gasteiger partial charge in [-0.3, -0.25) is 4.79 Å². The lowest BCUT2D eigenvalue weighted by Gasteiger charge is -2.12. The number of carbonyl (C=O) groups excluding carboxylic acids is 1. The molecule has 0 aromatic heterocycles. The van der Waals surface area contributed by atoms with E-state index in [4.69, 9.17) is 0 Å². The summed E-state index contributed by atoms with van der Waals surface area (Å²) in [5.41, 5.74) is 1.51. The lowest BCUT2D eigenvalue weighted by Crippen LogP contribution is -2.22. The van der Waals surface area contributed by atoms with Crippen LogP contribution in [0.1, 0.15) is 22.3 Å². The van der Waals surface area contributed by atoms with Crippen molar-refractivity contribution < 1.29 is 13.2 Å². The number of hydrogen-bond acceptors (Lipinski definition) is 3. The second-order valence-electron chi connectivity index (χ2n) is 4.03. The monoisotopic (exact) mass is 239 g/mol. The van der Waals surface area contributed by atoms with Gasteiger partial charge < -0.3 is 0 Å². The van der Waals surface area contributed by atoms with Gasteiger partial charge in [0.2, 0.25) is 10.0 Å². The fourth-order valence-electron chi connectivity index (χ4n) is 1.80. The van der Waals surface area contributed by atoms with Gasteiger partial charge in [-0.2, -0.15) is 0 Å². The van der Waals surface area contributed by atoms with E-state index in [-0.39, 0.29) is 10.7 Å². The van der Waals surface area contributed by atoms with Crippen molar-refractivity contribution in [1.82, 2.24) is 4.31 Å². The van der Waals surface area contributed by atoms with Gasteiger partial charge in [-0.15, -0.1) is 0 Å². The van der Waals surface area contributed by atoms with Crippen LogP contribution in [0.2, 0.25) is 0 Å². The summed E-state index contributed by atoms with van der Waals surface area (Å²) in [6.07, 6.45) is 1.13. The minimum absolute atomic E-state index is 0.101. The minimum atomic E-state index is -3.39. The van der Waals surface area contributed by atoms with E-state index in [0.717, 1.165) is 5.56 Å². The normalized spacial score (nSPS) is 15.6. The zero-order valence-electron chi connectivity index (χ0n) is 9.23. The number of hydrogen-bond donors (Lipinski definition) is 0. The van der Waals surface area contributed by atoms with Crippen molar-refractivity contribution in [1.29, 1.82) is 0 Å². The van der Waals surface area contributed by atoms with Crippen molar-refractivity contribution >= 4 is 15.8 Å². The molecular formula is C11H13NO3S. The molecule has 1 aliphatic rings. The van der Waals surface area contributed by atoms with E-state index in [1.165, 1.54) is 24.5 Å². The molecule has 0 saturated carbocycles. The summed E-state index contributed by atoms with van der Waals surface area (Å²) in [6, 6.07) is 4.72. The van der Waals surface area contributed by atoms with E-state index >= 15 is 0 Å². The van der Waals surface area contributed by atoms with Crippen LogP contribution in [-0.4, -0.2) is 32.6 Å². The third-order valence-corrected chi connectivity index (χ3v) is 4.59. The van der Waals surface area contributed by atoms with Crippen LogP contribution in [0.4, 0.5) is 0 Å². The molecule has 4 nitrogen and oxygen atoms in total. The molecule has 0 aliphatic heterocycles. The summed E-state index contributed by atoms with van der Waals surface area (Å²) < 4.78 is 24.9. The number of nitrogens with zero attached hydrogens (tertiary/aromatic N) is 1. The van der Waals surface area contributed by atoms with Gasteiger partial charge in [0, 0.05) is 26.1 Å². The van der Waals surface area contributed by atoms with Crippen LogP contribution in [0, 0.1) is 0 Å². The number of sulfonamides is 1. The number of ketones is 1. The van der Waals surface area contributed by atoms with Gasteiger partial charge in [0.15, 0.2) is 5.78 Å². The highest BCUT2D eigenvalue weighted by Gasteiger charge is 2.23. The highest BCUT2D eigenvalue weighted by molar-refractivity contribution is 7.89. The van der Waals surface area contributed by atoms with E-state index < -0.39 is 10.0 Å². The molecule has 0 unspecified atom stereocenters. The second-order valence-corrected chi connectivity index (χ2v) is 6.18. The van der Waals surface area contributed by atoms with Gasteiger partial charge in [0.05, 0.1) is 4.90 Å². The fraction of sp³-hybridized carbons (Fsp3) is 0.364. The van der Waals surface area contributed by atoms with Crippen molar-refractivity contribution in [3.8, 4) is 0 Å². The smallest absolute Gasteiger partial charge is 0.242 e. The summed E-state index contributed by atoms with van der Waals surface area (Å²) in [5, 5.41) is 0. The summed E-state index contributed by atoms with van der Waals surface area (Å²) in [7, 11) is -0.406. The molecular weight excluding hydrogens is 226 g/mol. The number of carbonyl (C=O) groups is 1. The van der Waals surface area contributed by atoms with Crippen LogP contribution in [-0.2, 0) is 16.4 Å². The minimum Gasteiger partial charge on any atom is -0.294 e. The molecule has 0 heterocycles. The largest absolute Gasteiger partial charge is 0.294 e. The molecule has 0 radical (unpaired) electrons. The molecule has 5 heteroatoms. The van der Waals surface area contributed by atoms with Gasteiger partial charge >= 0.3 is 0 Å². The van der Waals surface area contributed by atoms with E-state index in [9.17, 15) is 13.2 Å². The number of rotatable bonds is 2. The highest BCUT2D eigenvalue weighted by atomic mass is 32.2. The predicted octanol–water partition coefficient (Wildman–Crippen LogP) is 1.07. The Bertz CT molecular complexity index is 546. The topological polar surface area (TPSA) is 54.5 Å². The molecule has 0 amide bonds. The lowest BCUT2D eigenvalue weighted by atomic mass is 10.1. The summed E-state index contributed by atoms with van der Waals surface area (Å²) in [5.74, 6) is 0.101. The Morgan fingerprint density at radius 3 is 2.50 bits per heavy atom. The Labute approximate surface area is 94.9 Å². The second kappa shape index (κ2) is 3.68. The third kappa shape index (κ3) is 1.66. The van der Waals surface area contributed by atoms with Gasteiger partial charge in [-0.1, -0.05) is 0 Å². The molecule has 0 N–H and O–H groups in total. The van der Waals surface area contributed by atoms with Gasteiger partial charge in [0.1, 0.15) is 0 Å². The molecule has 0 fully saturated rings. The quantitative estimate of drug-likeness (QED) is 0.775. The van der Waals surface area contributed by atoms with Crippen molar-refractivity contribution in [2.24, 2.45) is 0 Å². The summed E-state index contributed by atoms with van der Waals surface area (Å²) in [6.45, 7) is 0. The van der Waals surface area contributed by atoms with Crippen LogP contribution in [0.3, 0.4) is 0 Å². The average molecular weight is 239 g/mol. The number of aryl methyl sites for hydroxylation is 1. The van der Waals surface area contributed by atoms with E-state index in [0.29, 0.717) is 18.4 Å². The standard InChI is InChI=1S/C11H13NO3S/c1-12(2)16(14,15)9-4-5-10-8(7-9)3-6-11(10)13/h4-5,7H,3,6H2,1-2H3. The Hall–Kier alpha value is -1.20. The van der Waals surface area contributed by atoms with E-state index in [2.05, 4.69) is 0 Å². The van der Waals surface area contributed by atoms with Crippen LogP contribution < -0.4 is 0 Å². The maximum absolute atomic E-state index is 11.9. The zero-order valence-corrected chi connectivity index (χ0v) is 10.0. The van der Waals surface area contributed by atoms with Gasteiger partial charge in [-0.25, -0.2) is 12.7 Å². The molecule has 1 aromatic carbocycles. The van der Waals surface area contributed by atoms with E-state index in [1.807, 2.05) is 0 Å². The Kier molecular flexibility index (Phi) is 2.59. The molecule has 86 valence electrons. The number of fused-ring (bicyclic) bond motifs is 1. The molecule has 0 atom stereocenters. The zero-order chi connectivity index (χ0) is 11.9. The van der Waals surface area contributed by atoms with Crippen molar-refractivity contribution in [2.75, 3.05) is 14.1 Å². The Balaban J connectivity index is 2.52. The van der Waals surface area contributed by atoms with Crippen LogP contribution in [0.15, 0.2) is 23.1 Å². The van der Waals surface area contributed by atoms with Gasteiger partial charge in [0.25, 0.3) is 0 Å². The summed E-state index contributed by atoms with van der Waals surface area (Å²) >= 11 is 0. The number of Topliss-reactive ketones (excluding diaryl/α,β-unsaturated/α-hetero) is 1. The molecule has 1 aromatic rings. The van der Waals surface area contributed by atoms with Crippen molar-refractivity contribution in [3.63, 3.8) is 0 Å². The molecule has 0 spiro atoms. The molecule has 16 heavy (non-hydrogen) atoms. The van der Waals surface area contributed by atoms with Crippen molar-refractivity contribution in [3.05, 3.63) is 29.3 Å². The lowest BCUT2D eigenvalue weighted by molar-refractivity contribution is 0.0994. The van der Waals surface area contributed by atoms with E-state index in [1.54, 1.807) is 12.1 Å². The first-order valence-corrected chi connectivity index (χ1v) is 6.45. The number of benzene rings is 1. The van der Waals surface area contributed by atoms with Gasteiger partial charge in [-0.05, 0) is 30.2 Å².